The maximum absolute atomic E-state index is 13.2. The number of ketones is 1. The monoisotopic (exact) mass is 478 g/mol. The second-order valence-corrected chi connectivity index (χ2v) is 8.73. The van der Waals surface area contributed by atoms with E-state index in [2.05, 4.69) is 6.58 Å². The third-order valence-electron chi connectivity index (χ3n) is 5.86. The molecule has 0 bridgehead atoms. The number of aryl methyl sites for hydroxylation is 1. The number of aliphatic hydroxyl groups is 1. The first-order valence-corrected chi connectivity index (χ1v) is 11.8. The zero-order valence-corrected chi connectivity index (χ0v) is 20.9. The molecule has 0 aliphatic carbocycles. The number of aliphatic hydroxyl groups excluding tert-OH is 1. The Balaban J connectivity index is 2.06. The van der Waals surface area contributed by atoms with Crippen molar-refractivity contribution in [3.63, 3.8) is 0 Å². The minimum absolute atomic E-state index is 0.0863. The van der Waals surface area contributed by atoms with Gasteiger partial charge < -0.3 is 24.4 Å². The van der Waals surface area contributed by atoms with E-state index >= 15 is 0 Å². The van der Waals surface area contributed by atoms with Crippen molar-refractivity contribution in [1.82, 2.24) is 9.80 Å². The Morgan fingerprint density at radius 2 is 1.86 bits per heavy atom. The van der Waals surface area contributed by atoms with Gasteiger partial charge in [-0.05, 0) is 82.4 Å². The molecular formula is C28H34N2O5. The van der Waals surface area contributed by atoms with Gasteiger partial charge in [-0.15, -0.1) is 0 Å². The molecule has 1 heterocycles. The molecule has 0 aromatic heterocycles. The third-order valence-corrected chi connectivity index (χ3v) is 5.86. The quantitative estimate of drug-likeness (QED) is 0.224. The fraction of sp³-hybridized carbons (Fsp3) is 0.357. The molecule has 7 nitrogen and oxygen atoms in total. The number of Topliss-reactive ketones (excluding diaryl/α,β-unsaturated/α-hetero) is 1. The van der Waals surface area contributed by atoms with Crippen LogP contribution >= 0.6 is 0 Å². The smallest absolute Gasteiger partial charge is 0.295 e. The van der Waals surface area contributed by atoms with Crippen LogP contribution in [0.5, 0.6) is 11.5 Å². The Kier molecular flexibility index (Phi) is 8.71. The van der Waals surface area contributed by atoms with Gasteiger partial charge in [0, 0.05) is 12.1 Å². The number of hydrogen-bond acceptors (Lipinski definition) is 6. The van der Waals surface area contributed by atoms with E-state index in [1.54, 1.807) is 41.3 Å². The molecule has 186 valence electrons. The first-order valence-electron chi connectivity index (χ1n) is 11.8. The summed E-state index contributed by atoms with van der Waals surface area (Å²) < 4.78 is 11.2. The molecule has 1 atom stereocenters. The van der Waals surface area contributed by atoms with Gasteiger partial charge in [-0.1, -0.05) is 24.8 Å². The molecule has 0 saturated carbocycles. The van der Waals surface area contributed by atoms with E-state index in [0.29, 0.717) is 43.2 Å². The Bertz CT molecular complexity index is 1100. The van der Waals surface area contributed by atoms with Gasteiger partial charge in [0.25, 0.3) is 11.7 Å². The lowest BCUT2D eigenvalue weighted by atomic mass is 9.94. The van der Waals surface area contributed by atoms with Crippen LogP contribution in [0.25, 0.3) is 5.76 Å². The van der Waals surface area contributed by atoms with Gasteiger partial charge >= 0.3 is 0 Å². The van der Waals surface area contributed by atoms with E-state index in [0.717, 1.165) is 17.7 Å². The summed E-state index contributed by atoms with van der Waals surface area (Å²) in [5.41, 5.74) is 2.11. The highest BCUT2D eigenvalue weighted by Crippen LogP contribution is 2.40. The van der Waals surface area contributed by atoms with Crippen LogP contribution in [0.15, 0.2) is 60.7 Å². The van der Waals surface area contributed by atoms with Crippen molar-refractivity contribution >= 4 is 17.4 Å². The molecule has 0 radical (unpaired) electrons. The number of rotatable bonds is 11. The molecular weight excluding hydrogens is 444 g/mol. The molecule has 3 rings (SSSR count). The zero-order valence-electron chi connectivity index (χ0n) is 20.9. The lowest BCUT2D eigenvalue weighted by molar-refractivity contribution is -0.139. The maximum atomic E-state index is 13.2. The van der Waals surface area contributed by atoms with Crippen LogP contribution in [-0.4, -0.2) is 67.0 Å². The molecule has 1 fully saturated rings. The second-order valence-electron chi connectivity index (χ2n) is 8.73. The largest absolute Gasteiger partial charge is 0.507 e. The van der Waals surface area contributed by atoms with Crippen molar-refractivity contribution in [3.8, 4) is 11.5 Å². The molecule has 2 aromatic rings. The van der Waals surface area contributed by atoms with Crippen molar-refractivity contribution in [3.05, 3.63) is 77.4 Å². The number of ether oxygens (including phenoxy) is 2. The fourth-order valence-electron chi connectivity index (χ4n) is 4.19. The molecule has 7 heteroatoms. The molecule has 0 spiro atoms. The summed E-state index contributed by atoms with van der Waals surface area (Å²) in [6, 6.07) is 11.8. The number of carbonyl (C=O) groups excluding carboxylic acids is 2. The van der Waals surface area contributed by atoms with Crippen LogP contribution in [0.2, 0.25) is 0 Å². The van der Waals surface area contributed by atoms with Crippen LogP contribution in [0.1, 0.15) is 36.1 Å². The average molecular weight is 479 g/mol. The minimum atomic E-state index is -0.697. The van der Waals surface area contributed by atoms with Gasteiger partial charge in [-0.25, -0.2) is 0 Å². The number of amides is 1. The molecule has 1 saturated heterocycles. The molecule has 2 aromatic carbocycles. The van der Waals surface area contributed by atoms with Gasteiger partial charge in [-0.3, -0.25) is 9.59 Å². The number of likely N-dealkylation sites (tertiary alicyclic amines) is 1. The molecule has 35 heavy (non-hydrogen) atoms. The summed E-state index contributed by atoms with van der Waals surface area (Å²) >= 11 is 0. The number of hydrogen-bond donors (Lipinski definition) is 1. The SMILES string of the molecule is C=CCOc1ccc(C2/C(=C(\O)c3ccc(OCC)c(C)c3)C(=O)C(=O)N2CCCN(C)C)cc1. The van der Waals surface area contributed by atoms with E-state index in [1.165, 1.54) is 0 Å². The molecule has 1 N–H and O–H groups in total. The van der Waals surface area contributed by atoms with E-state index in [1.807, 2.05) is 45.0 Å². The van der Waals surface area contributed by atoms with Crippen molar-refractivity contribution in [2.45, 2.75) is 26.3 Å². The summed E-state index contributed by atoms with van der Waals surface area (Å²) in [6.07, 6.45) is 2.35. The fourth-order valence-corrected chi connectivity index (χ4v) is 4.19. The van der Waals surface area contributed by atoms with Gasteiger partial charge in [0.2, 0.25) is 0 Å². The lowest BCUT2D eigenvalue weighted by Gasteiger charge is -2.26. The zero-order chi connectivity index (χ0) is 25.5. The molecule has 1 unspecified atom stereocenters. The van der Waals surface area contributed by atoms with Crippen LogP contribution in [0, 0.1) is 6.92 Å². The van der Waals surface area contributed by atoms with Crippen molar-refractivity contribution in [2.24, 2.45) is 0 Å². The Hall–Kier alpha value is -3.58. The van der Waals surface area contributed by atoms with Crippen LogP contribution in [0.4, 0.5) is 0 Å². The van der Waals surface area contributed by atoms with Gasteiger partial charge in [-0.2, -0.15) is 0 Å². The summed E-state index contributed by atoms with van der Waals surface area (Å²) in [7, 11) is 3.92. The predicted octanol–water partition coefficient (Wildman–Crippen LogP) is 4.33. The maximum Gasteiger partial charge on any atom is 0.295 e. The number of nitrogens with zero attached hydrogens (tertiary/aromatic N) is 2. The Morgan fingerprint density at radius 3 is 2.46 bits per heavy atom. The molecule has 1 aliphatic rings. The summed E-state index contributed by atoms with van der Waals surface area (Å²) in [5.74, 6) is -0.123. The van der Waals surface area contributed by atoms with Gasteiger partial charge in [0.05, 0.1) is 18.2 Å². The van der Waals surface area contributed by atoms with Crippen LogP contribution in [-0.2, 0) is 9.59 Å². The lowest BCUT2D eigenvalue weighted by Crippen LogP contribution is -2.32. The van der Waals surface area contributed by atoms with E-state index in [4.69, 9.17) is 9.47 Å². The minimum Gasteiger partial charge on any atom is -0.507 e. The standard InChI is InChI=1S/C28H34N2O5/c1-6-17-35-22-12-9-20(10-13-22)25-24(27(32)28(33)30(25)16-8-15-29(4)5)26(31)21-11-14-23(34-7-2)19(3)18-21/h6,9-14,18,25,31H,1,7-8,15-17H2,2-5H3/b26-24+. The highest BCUT2D eigenvalue weighted by Gasteiger charge is 2.45. The van der Waals surface area contributed by atoms with Crippen molar-refractivity contribution in [2.75, 3.05) is 40.4 Å². The highest BCUT2D eigenvalue weighted by atomic mass is 16.5. The first-order chi connectivity index (χ1) is 16.8. The topological polar surface area (TPSA) is 79.3 Å². The van der Waals surface area contributed by atoms with E-state index in [-0.39, 0.29) is 11.3 Å². The summed E-state index contributed by atoms with van der Waals surface area (Å²) in [5, 5.41) is 11.3. The summed E-state index contributed by atoms with van der Waals surface area (Å²) in [4.78, 5) is 29.9. The Morgan fingerprint density at radius 1 is 1.14 bits per heavy atom. The van der Waals surface area contributed by atoms with Crippen LogP contribution in [0.3, 0.4) is 0 Å². The number of carbonyl (C=O) groups is 2. The van der Waals surface area contributed by atoms with Crippen molar-refractivity contribution < 1.29 is 24.2 Å². The number of benzene rings is 2. The molecule has 1 amide bonds. The molecule has 1 aliphatic heterocycles. The van der Waals surface area contributed by atoms with Crippen LogP contribution < -0.4 is 9.47 Å². The van der Waals surface area contributed by atoms with Crippen molar-refractivity contribution in [1.29, 1.82) is 0 Å². The Labute approximate surface area is 207 Å². The average Bonchev–Trinajstić information content (AvgIpc) is 3.09. The predicted molar refractivity (Wildman–Crippen MR) is 137 cm³/mol. The normalized spacial score (nSPS) is 17.2. The first kappa shape index (κ1) is 26.0. The van der Waals surface area contributed by atoms with E-state index < -0.39 is 17.7 Å². The third kappa shape index (κ3) is 5.92. The van der Waals surface area contributed by atoms with Gasteiger partial charge in [0.1, 0.15) is 23.9 Å². The highest BCUT2D eigenvalue weighted by molar-refractivity contribution is 6.46. The summed E-state index contributed by atoms with van der Waals surface area (Å²) in [6.45, 7) is 9.48. The second kappa shape index (κ2) is 11.7. The van der Waals surface area contributed by atoms with E-state index in [9.17, 15) is 14.7 Å². The van der Waals surface area contributed by atoms with Gasteiger partial charge in [0.15, 0.2) is 0 Å².